The maximum absolute atomic E-state index is 11.6. The smallest absolute Gasteiger partial charge is 0.314 e. The van der Waals surface area contributed by atoms with E-state index in [1.807, 2.05) is 54.1 Å². The number of hydrogen-bond donors (Lipinski definition) is 2. The number of aryl methyl sites for hydroxylation is 1. The second-order valence-corrected chi connectivity index (χ2v) is 4.63. The van der Waals surface area contributed by atoms with Crippen LogP contribution < -0.4 is 10.6 Å². The van der Waals surface area contributed by atoms with E-state index in [0.717, 1.165) is 11.3 Å². The number of rotatable bonds is 3. The van der Waals surface area contributed by atoms with Crippen LogP contribution in [0.25, 0.3) is 6.08 Å². The zero-order chi connectivity index (χ0) is 12.8. The van der Waals surface area contributed by atoms with Crippen LogP contribution in [-0.4, -0.2) is 6.03 Å². The molecule has 2 aromatic rings. The van der Waals surface area contributed by atoms with Gasteiger partial charge in [-0.1, -0.05) is 17.7 Å². The van der Waals surface area contributed by atoms with Gasteiger partial charge >= 0.3 is 6.03 Å². The van der Waals surface area contributed by atoms with E-state index < -0.39 is 0 Å². The quantitative estimate of drug-likeness (QED) is 0.862. The number of carbonyl (C=O) groups is 1. The van der Waals surface area contributed by atoms with Crippen molar-refractivity contribution in [1.82, 2.24) is 5.32 Å². The molecule has 0 spiro atoms. The Bertz CT molecular complexity index is 529. The Kier molecular flexibility index (Phi) is 4.15. The third-order valence-electron chi connectivity index (χ3n) is 2.34. The van der Waals surface area contributed by atoms with Gasteiger partial charge in [-0.25, -0.2) is 4.79 Å². The lowest BCUT2D eigenvalue weighted by molar-refractivity contribution is 0.255. The molecule has 18 heavy (non-hydrogen) atoms. The monoisotopic (exact) mass is 258 g/mol. The van der Waals surface area contributed by atoms with Gasteiger partial charge in [0.25, 0.3) is 0 Å². The first kappa shape index (κ1) is 12.4. The van der Waals surface area contributed by atoms with Crippen LogP contribution >= 0.6 is 11.3 Å². The van der Waals surface area contributed by atoms with Crippen molar-refractivity contribution < 1.29 is 4.79 Å². The van der Waals surface area contributed by atoms with Crippen LogP contribution in [0.15, 0.2) is 47.3 Å². The zero-order valence-electron chi connectivity index (χ0n) is 10.0. The van der Waals surface area contributed by atoms with Gasteiger partial charge in [-0.15, -0.1) is 0 Å². The summed E-state index contributed by atoms with van der Waals surface area (Å²) in [6.07, 6.45) is 3.48. The molecule has 0 aliphatic heterocycles. The molecule has 4 heteroatoms. The van der Waals surface area contributed by atoms with E-state index in [-0.39, 0.29) is 6.03 Å². The number of hydrogen-bond acceptors (Lipinski definition) is 2. The zero-order valence-corrected chi connectivity index (χ0v) is 10.8. The second-order valence-electron chi connectivity index (χ2n) is 3.85. The average Bonchev–Trinajstić information content (AvgIpc) is 2.85. The fraction of sp³-hybridized carbons (Fsp3) is 0.0714. The summed E-state index contributed by atoms with van der Waals surface area (Å²) in [6, 6.07) is 9.40. The third kappa shape index (κ3) is 3.75. The van der Waals surface area contributed by atoms with Gasteiger partial charge in [-0.2, -0.15) is 11.3 Å². The highest BCUT2D eigenvalue weighted by Crippen LogP contribution is 2.08. The Morgan fingerprint density at radius 3 is 2.67 bits per heavy atom. The van der Waals surface area contributed by atoms with Crippen molar-refractivity contribution in [2.24, 2.45) is 0 Å². The number of thiophene rings is 1. The molecule has 0 unspecified atom stereocenters. The van der Waals surface area contributed by atoms with Gasteiger partial charge in [0.15, 0.2) is 0 Å². The van der Waals surface area contributed by atoms with Crippen molar-refractivity contribution >= 4 is 29.1 Å². The van der Waals surface area contributed by atoms with Gasteiger partial charge in [-0.3, -0.25) is 0 Å². The van der Waals surface area contributed by atoms with Crippen LogP contribution in [0.2, 0.25) is 0 Å². The fourth-order valence-corrected chi connectivity index (χ4v) is 2.02. The van der Waals surface area contributed by atoms with Crippen LogP contribution in [-0.2, 0) is 0 Å². The van der Waals surface area contributed by atoms with Crippen LogP contribution in [0, 0.1) is 6.92 Å². The molecule has 0 fully saturated rings. The summed E-state index contributed by atoms with van der Waals surface area (Å²) in [4.78, 5) is 11.6. The van der Waals surface area contributed by atoms with Gasteiger partial charge in [0.05, 0.1) is 0 Å². The number of benzene rings is 1. The maximum Gasteiger partial charge on any atom is 0.323 e. The van der Waals surface area contributed by atoms with Gasteiger partial charge in [0.1, 0.15) is 0 Å². The highest BCUT2D eigenvalue weighted by Gasteiger charge is 1.98. The van der Waals surface area contributed by atoms with E-state index in [2.05, 4.69) is 10.6 Å². The molecule has 0 aliphatic carbocycles. The van der Waals surface area contributed by atoms with Crippen molar-refractivity contribution in [3.63, 3.8) is 0 Å². The molecule has 0 saturated heterocycles. The normalized spacial score (nSPS) is 10.5. The van der Waals surface area contributed by atoms with E-state index in [1.54, 1.807) is 17.5 Å². The van der Waals surface area contributed by atoms with Crippen molar-refractivity contribution in [2.75, 3.05) is 5.32 Å². The minimum absolute atomic E-state index is 0.245. The third-order valence-corrected chi connectivity index (χ3v) is 3.04. The minimum Gasteiger partial charge on any atom is -0.314 e. The van der Waals surface area contributed by atoms with E-state index in [1.165, 1.54) is 5.56 Å². The number of nitrogens with one attached hydrogen (secondary N) is 2. The molecule has 0 radical (unpaired) electrons. The summed E-state index contributed by atoms with van der Waals surface area (Å²) in [5.41, 5.74) is 3.02. The minimum atomic E-state index is -0.245. The Labute approximate surface area is 110 Å². The highest BCUT2D eigenvalue weighted by atomic mass is 32.1. The fourth-order valence-electron chi connectivity index (χ4n) is 1.39. The summed E-state index contributed by atoms with van der Waals surface area (Å²) in [7, 11) is 0. The van der Waals surface area contributed by atoms with Gasteiger partial charge in [0, 0.05) is 11.9 Å². The summed E-state index contributed by atoms with van der Waals surface area (Å²) in [5.74, 6) is 0. The molecule has 0 atom stereocenters. The molecule has 92 valence electrons. The van der Waals surface area contributed by atoms with Crippen LogP contribution in [0.4, 0.5) is 10.5 Å². The Morgan fingerprint density at radius 2 is 2.00 bits per heavy atom. The maximum atomic E-state index is 11.6. The Hall–Kier alpha value is -2.07. The van der Waals surface area contributed by atoms with E-state index >= 15 is 0 Å². The molecule has 0 aliphatic rings. The molecule has 1 aromatic heterocycles. The van der Waals surface area contributed by atoms with Crippen LogP contribution in [0.5, 0.6) is 0 Å². The molecule has 1 heterocycles. The summed E-state index contributed by atoms with van der Waals surface area (Å²) in [6.45, 7) is 2.01. The SMILES string of the molecule is Cc1ccc(NC(=O)NC=Cc2ccsc2)cc1. The molecular weight excluding hydrogens is 244 g/mol. The number of carbonyl (C=O) groups excluding carboxylic acids is 1. The summed E-state index contributed by atoms with van der Waals surface area (Å²) in [5, 5.41) is 9.41. The molecule has 3 nitrogen and oxygen atoms in total. The number of anilines is 1. The van der Waals surface area contributed by atoms with E-state index in [4.69, 9.17) is 0 Å². The lowest BCUT2D eigenvalue weighted by Gasteiger charge is -2.04. The van der Waals surface area contributed by atoms with Crippen molar-refractivity contribution in [3.8, 4) is 0 Å². The Balaban J connectivity index is 1.84. The summed E-state index contributed by atoms with van der Waals surface area (Å²) < 4.78 is 0. The van der Waals surface area contributed by atoms with Gasteiger partial charge in [-0.05, 0) is 47.5 Å². The van der Waals surface area contributed by atoms with Crippen LogP contribution in [0.1, 0.15) is 11.1 Å². The average molecular weight is 258 g/mol. The molecule has 2 amide bonds. The van der Waals surface area contributed by atoms with Gasteiger partial charge in [0.2, 0.25) is 0 Å². The van der Waals surface area contributed by atoms with E-state index in [9.17, 15) is 4.79 Å². The largest absolute Gasteiger partial charge is 0.323 e. The van der Waals surface area contributed by atoms with Gasteiger partial charge < -0.3 is 10.6 Å². The lowest BCUT2D eigenvalue weighted by atomic mass is 10.2. The predicted molar refractivity (Wildman–Crippen MR) is 76.7 cm³/mol. The number of urea groups is 1. The van der Waals surface area contributed by atoms with E-state index in [0.29, 0.717) is 0 Å². The highest BCUT2D eigenvalue weighted by molar-refractivity contribution is 7.08. The predicted octanol–water partition coefficient (Wildman–Crippen LogP) is 3.85. The molecule has 2 rings (SSSR count). The second kappa shape index (κ2) is 6.02. The topological polar surface area (TPSA) is 41.1 Å². The first-order chi connectivity index (χ1) is 8.74. The molecule has 1 aromatic carbocycles. The molecule has 0 saturated carbocycles. The van der Waals surface area contributed by atoms with Crippen molar-refractivity contribution in [1.29, 1.82) is 0 Å². The van der Waals surface area contributed by atoms with Crippen molar-refractivity contribution in [3.05, 3.63) is 58.4 Å². The first-order valence-electron chi connectivity index (χ1n) is 5.57. The molecule has 2 N–H and O–H groups in total. The number of amides is 2. The lowest BCUT2D eigenvalue weighted by Crippen LogP contribution is -2.23. The first-order valence-corrected chi connectivity index (χ1v) is 6.51. The Morgan fingerprint density at radius 1 is 1.22 bits per heavy atom. The molecular formula is C14H14N2OS. The standard InChI is InChI=1S/C14H14N2OS/c1-11-2-4-13(5-3-11)16-14(17)15-8-6-12-7-9-18-10-12/h2-10H,1H3,(H2,15,16,17). The molecule has 0 bridgehead atoms. The summed E-state index contributed by atoms with van der Waals surface area (Å²) >= 11 is 1.62. The van der Waals surface area contributed by atoms with Crippen molar-refractivity contribution in [2.45, 2.75) is 6.92 Å². The van der Waals surface area contributed by atoms with Crippen LogP contribution in [0.3, 0.4) is 0 Å².